The van der Waals surface area contributed by atoms with Crippen molar-refractivity contribution < 1.29 is 54.7 Å². The summed E-state index contributed by atoms with van der Waals surface area (Å²) in [5.41, 5.74) is 1.10. The molecule has 0 aliphatic heterocycles. The second-order valence-electron chi connectivity index (χ2n) is 6.03. The van der Waals surface area contributed by atoms with Gasteiger partial charge in [-0.1, -0.05) is 76.8 Å². The van der Waals surface area contributed by atoms with E-state index in [4.69, 9.17) is 0 Å². The van der Waals surface area contributed by atoms with Crippen LogP contribution < -0.4 is 0 Å². The number of rotatable bonds is 12. The first-order valence-electron chi connectivity index (χ1n) is 8.59. The average molecular weight is 466 g/mol. The molecule has 3 nitrogen and oxygen atoms in total. The number of hydrogen-bond donors (Lipinski definition) is 0. The largest absolute Gasteiger partial charge is 4.00 e. The molecule has 0 radical (unpaired) electrons. The predicted molar refractivity (Wildman–Crippen MR) is 90.0 cm³/mol. The van der Waals surface area contributed by atoms with Gasteiger partial charge in [0, 0.05) is 0 Å². The van der Waals surface area contributed by atoms with Gasteiger partial charge in [0.2, 0.25) is 0 Å². The zero-order chi connectivity index (χ0) is 16.3. The van der Waals surface area contributed by atoms with Crippen molar-refractivity contribution in [2.24, 2.45) is 0 Å². The molecule has 0 aliphatic carbocycles. The van der Waals surface area contributed by atoms with Crippen LogP contribution in [0.1, 0.15) is 76.7 Å². The molecule has 0 fully saturated rings. The van der Waals surface area contributed by atoms with Crippen molar-refractivity contribution in [3.05, 3.63) is 29.8 Å². The van der Waals surface area contributed by atoms with Crippen LogP contribution in [0.4, 0.5) is 0 Å². The fraction of sp³-hybridized carbons (Fsp3) is 0.667. The van der Waals surface area contributed by atoms with Crippen molar-refractivity contribution in [1.29, 1.82) is 0 Å². The third-order valence-corrected chi connectivity index (χ3v) is 4.88. The summed E-state index contributed by atoms with van der Waals surface area (Å²) < 4.78 is 32.5. The Morgan fingerprint density at radius 2 is 1.22 bits per heavy atom. The van der Waals surface area contributed by atoms with Gasteiger partial charge in [-0.05, 0) is 30.5 Å². The summed E-state index contributed by atoms with van der Waals surface area (Å²) in [5, 5.41) is 0. The normalized spacial score (nSPS) is 11.2. The van der Waals surface area contributed by atoms with Crippen LogP contribution in [0.2, 0.25) is 0 Å². The van der Waals surface area contributed by atoms with Crippen molar-refractivity contribution in [1.82, 2.24) is 0 Å². The van der Waals surface area contributed by atoms with Crippen LogP contribution in [0.15, 0.2) is 29.2 Å². The molecule has 0 unspecified atom stereocenters. The molecule has 0 bridgehead atoms. The number of benzene rings is 1. The minimum atomic E-state index is -4.31. The molecule has 1 aromatic carbocycles. The Bertz CT molecular complexity index is 498. The maximum atomic E-state index is 10.8. The van der Waals surface area contributed by atoms with E-state index in [2.05, 4.69) is 6.92 Å². The second kappa shape index (κ2) is 13.8. The van der Waals surface area contributed by atoms with Gasteiger partial charge in [0.05, 0.1) is 4.90 Å². The van der Waals surface area contributed by atoms with Crippen molar-refractivity contribution in [2.75, 3.05) is 0 Å². The summed E-state index contributed by atoms with van der Waals surface area (Å²) in [6.07, 6.45) is 14.0. The Morgan fingerprint density at radius 1 is 0.783 bits per heavy atom. The topological polar surface area (TPSA) is 57.2 Å². The molecule has 5 heteroatoms. The first-order chi connectivity index (χ1) is 10.5. The fourth-order valence-corrected chi connectivity index (χ4v) is 3.11. The number of hydrogen-bond acceptors (Lipinski definition) is 3. The van der Waals surface area contributed by atoms with Crippen molar-refractivity contribution in [2.45, 2.75) is 82.4 Å². The maximum absolute atomic E-state index is 10.8. The van der Waals surface area contributed by atoms with Gasteiger partial charge in [0.25, 0.3) is 0 Å². The van der Waals surface area contributed by atoms with E-state index < -0.39 is 10.1 Å². The summed E-state index contributed by atoms with van der Waals surface area (Å²) in [5.74, 6) is 0. The Kier molecular flexibility index (Phi) is 14.1. The molecule has 126 valence electrons. The maximum Gasteiger partial charge on any atom is 4.00 e. The third-order valence-electron chi connectivity index (χ3n) is 4.03. The summed E-state index contributed by atoms with van der Waals surface area (Å²) in [4.78, 5) is -0.140. The first kappa shape index (κ1) is 23.5. The Morgan fingerprint density at radius 3 is 1.65 bits per heavy atom. The third kappa shape index (κ3) is 11.6. The molecule has 0 saturated carbocycles. The predicted octanol–water partition coefficient (Wildman–Crippen LogP) is 5.05. The molecule has 0 saturated heterocycles. The van der Waals surface area contributed by atoms with E-state index in [1.165, 1.54) is 69.9 Å². The second-order valence-corrected chi connectivity index (χ2v) is 7.41. The number of unbranched alkanes of at least 4 members (excludes halogenated alkanes) is 9. The van der Waals surface area contributed by atoms with Crippen LogP contribution in [0.3, 0.4) is 0 Å². The molecule has 0 spiro atoms. The Labute approximate surface area is 175 Å². The molecule has 0 aliphatic rings. The first-order valence-corrected chi connectivity index (χ1v) is 9.99. The van der Waals surface area contributed by atoms with Gasteiger partial charge in [0.15, 0.2) is 0 Å². The average Bonchev–Trinajstić information content (AvgIpc) is 2.49. The molecular weight excluding hydrogens is 436 g/mol. The number of aryl methyl sites for hydroxylation is 1. The molecule has 23 heavy (non-hydrogen) atoms. The molecule has 0 N–H and O–H groups in total. The van der Waals surface area contributed by atoms with Crippen LogP contribution in [-0.2, 0) is 16.5 Å². The standard InChI is InChI=1S/C18H30O3S.Ce/c1-2-3-4-5-6-7-8-9-10-11-12-17-13-15-18(16-14-17)22(19,20)21;/h13-16H,2-12H2,1H3,(H,19,20,21);/q;+4/p-1. The smallest absolute Gasteiger partial charge is 0.744 e. The van der Waals surface area contributed by atoms with Crippen LogP contribution in [0.5, 0.6) is 0 Å². The molecule has 0 atom stereocenters. The van der Waals surface area contributed by atoms with Gasteiger partial charge in [-0.3, -0.25) is 0 Å². The van der Waals surface area contributed by atoms with E-state index in [0.29, 0.717) is 0 Å². The SMILES string of the molecule is CCCCCCCCCCCCc1ccc(S(=O)(=O)[O-])cc1.[Ce+4]. The molecular formula is C18H29CeO3S+3. The summed E-state index contributed by atoms with van der Waals surface area (Å²) in [6.45, 7) is 2.24. The van der Waals surface area contributed by atoms with Gasteiger partial charge in [0.1, 0.15) is 10.1 Å². The van der Waals surface area contributed by atoms with E-state index in [1.807, 2.05) is 0 Å². The Hall–Kier alpha value is 0.507. The van der Waals surface area contributed by atoms with E-state index in [0.717, 1.165) is 18.4 Å². The zero-order valence-corrected chi connectivity index (χ0v) is 18.2. The molecule has 1 rings (SSSR count). The van der Waals surface area contributed by atoms with Crippen LogP contribution in [-0.4, -0.2) is 13.0 Å². The molecule has 0 amide bonds. The summed E-state index contributed by atoms with van der Waals surface area (Å²) in [6, 6.07) is 6.32. The minimum absolute atomic E-state index is 0. The molecule has 1 aromatic rings. The summed E-state index contributed by atoms with van der Waals surface area (Å²) in [7, 11) is -4.31. The Balaban J connectivity index is 0.00000484. The van der Waals surface area contributed by atoms with Gasteiger partial charge in [-0.2, -0.15) is 0 Å². The van der Waals surface area contributed by atoms with E-state index in [-0.39, 0.29) is 46.6 Å². The van der Waals surface area contributed by atoms with E-state index >= 15 is 0 Å². The van der Waals surface area contributed by atoms with Gasteiger partial charge in [-0.15, -0.1) is 0 Å². The fourth-order valence-electron chi connectivity index (χ4n) is 2.64. The quantitative estimate of drug-likeness (QED) is 0.320. The van der Waals surface area contributed by atoms with Gasteiger partial charge in [-0.25, -0.2) is 8.42 Å². The van der Waals surface area contributed by atoms with Crippen molar-refractivity contribution >= 4 is 10.1 Å². The van der Waals surface area contributed by atoms with Gasteiger partial charge < -0.3 is 4.55 Å². The van der Waals surface area contributed by atoms with E-state index in [9.17, 15) is 13.0 Å². The zero-order valence-electron chi connectivity index (χ0n) is 14.2. The van der Waals surface area contributed by atoms with Gasteiger partial charge >= 0.3 is 41.7 Å². The minimum Gasteiger partial charge on any atom is -0.744 e. The van der Waals surface area contributed by atoms with E-state index in [1.54, 1.807) is 12.1 Å². The monoisotopic (exact) mass is 465 g/mol. The van der Waals surface area contributed by atoms with Crippen LogP contribution >= 0.6 is 0 Å². The van der Waals surface area contributed by atoms with Crippen LogP contribution in [0.25, 0.3) is 0 Å². The van der Waals surface area contributed by atoms with Crippen molar-refractivity contribution in [3.8, 4) is 0 Å². The molecule has 0 aromatic heterocycles. The van der Waals surface area contributed by atoms with Crippen molar-refractivity contribution in [3.63, 3.8) is 0 Å². The molecule has 0 heterocycles. The van der Waals surface area contributed by atoms with Crippen LogP contribution in [0, 0.1) is 41.7 Å². The summed E-state index contributed by atoms with van der Waals surface area (Å²) >= 11 is 0.